The van der Waals surface area contributed by atoms with Crippen LogP contribution in [0.25, 0.3) is 114 Å². The first-order chi connectivity index (χ1) is 31.6. The van der Waals surface area contributed by atoms with E-state index in [1.165, 1.54) is 75.0 Å². The number of hydrogen-bond donors (Lipinski definition) is 0. The molecule has 0 aliphatic rings. The summed E-state index contributed by atoms with van der Waals surface area (Å²) in [5.41, 5.74) is 15.6. The monoisotopic (exact) mass is 835 g/mol. The van der Waals surface area contributed by atoms with Gasteiger partial charge in [-0.15, -0.1) is 11.3 Å². The van der Waals surface area contributed by atoms with Gasteiger partial charge in [0.2, 0.25) is 0 Å². The molecule has 3 nitrogen and oxygen atoms in total. The fourth-order valence-corrected chi connectivity index (χ4v) is 10.9. The topological polar surface area (TPSA) is 22.8 Å². The molecule has 0 aliphatic carbocycles. The zero-order valence-corrected chi connectivity index (χ0v) is 36.1. The summed E-state index contributed by atoms with van der Waals surface area (Å²) in [5.74, 6) is 0. The lowest BCUT2D eigenvalue weighted by atomic mass is 9.99. The van der Waals surface area contributed by atoms with Gasteiger partial charge in [0.1, 0.15) is 0 Å². The SMILES string of the molecule is C=C/C=C(\C=C(/C)c1cccc(-c2ccccc2)n1)n1c2ccc(-c3ccc4c5ccccc5n(-c5ccccc5)c4c3)cc2c2ccc(-c3cccc4c3sc3ccccc34)cc21. The first kappa shape index (κ1) is 37.7. The number of rotatable bonds is 8. The number of allylic oxidation sites excluding steroid dienone is 5. The molecule has 0 N–H and O–H groups in total. The van der Waals surface area contributed by atoms with Crippen LogP contribution in [0.5, 0.6) is 0 Å². The van der Waals surface area contributed by atoms with Crippen molar-refractivity contribution in [2.75, 3.05) is 0 Å². The van der Waals surface area contributed by atoms with E-state index in [0.717, 1.165) is 44.9 Å². The molecule has 0 bridgehead atoms. The Morgan fingerprint density at radius 2 is 1.16 bits per heavy atom. The van der Waals surface area contributed by atoms with Gasteiger partial charge in [0.15, 0.2) is 0 Å². The van der Waals surface area contributed by atoms with Crippen molar-refractivity contribution < 1.29 is 0 Å². The van der Waals surface area contributed by atoms with E-state index in [2.05, 4.69) is 229 Å². The van der Waals surface area contributed by atoms with Gasteiger partial charge in [-0.25, -0.2) is 4.98 Å². The molecule has 302 valence electrons. The second-order valence-electron chi connectivity index (χ2n) is 16.4. The van der Waals surface area contributed by atoms with Crippen molar-refractivity contribution >= 4 is 86.4 Å². The van der Waals surface area contributed by atoms with Crippen LogP contribution in [0.15, 0.2) is 225 Å². The minimum atomic E-state index is 0.930. The molecule has 0 fully saturated rings. The summed E-state index contributed by atoms with van der Waals surface area (Å²) in [5, 5.41) is 7.47. The minimum absolute atomic E-state index is 0.930. The molecule has 0 spiro atoms. The molecule has 0 saturated heterocycles. The van der Waals surface area contributed by atoms with E-state index in [-0.39, 0.29) is 0 Å². The minimum Gasteiger partial charge on any atom is -0.309 e. The molecule has 0 amide bonds. The molecular formula is C60H41N3S. The Morgan fingerprint density at radius 3 is 2.00 bits per heavy atom. The predicted molar refractivity (Wildman–Crippen MR) is 275 cm³/mol. The van der Waals surface area contributed by atoms with Crippen molar-refractivity contribution in [3.8, 4) is 39.2 Å². The molecule has 4 aromatic heterocycles. The predicted octanol–water partition coefficient (Wildman–Crippen LogP) is 16.8. The Kier molecular flexibility index (Phi) is 9.06. The van der Waals surface area contributed by atoms with E-state index in [4.69, 9.17) is 4.98 Å². The lowest BCUT2D eigenvalue weighted by Gasteiger charge is -2.13. The third-order valence-corrected chi connectivity index (χ3v) is 13.9. The zero-order chi connectivity index (χ0) is 42.7. The lowest BCUT2D eigenvalue weighted by Crippen LogP contribution is -1.97. The van der Waals surface area contributed by atoms with Crippen molar-refractivity contribution in [1.29, 1.82) is 0 Å². The molecule has 8 aromatic carbocycles. The normalized spacial score (nSPS) is 12.4. The van der Waals surface area contributed by atoms with Crippen LogP contribution in [0.3, 0.4) is 0 Å². The summed E-state index contributed by atoms with van der Waals surface area (Å²) in [6.45, 7) is 6.36. The lowest BCUT2D eigenvalue weighted by molar-refractivity contribution is 1.18. The smallest absolute Gasteiger partial charge is 0.0709 e. The Hall–Kier alpha value is -8.05. The fourth-order valence-electron chi connectivity index (χ4n) is 9.65. The maximum absolute atomic E-state index is 5.14. The van der Waals surface area contributed by atoms with E-state index in [9.17, 15) is 0 Å². The number of pyridine rings is 1. The van der Waals surface area contributed by atoms with Crippen LogP contribution in [0.4, 0.5) is 0 Å². The molecule has 4 heteroatoms. The van der Waals surface area contributed by atoms with Gasteiger partial charge in [-0.05, 0) is 108 Å². The first-order valence-electron chi connectivity index (χ1n) is 21.7. The summed E-state index contributed by atoms with van der Waals surface area (Å²) in [6.07, 6.45) is 6.26. The van der Waals surface area contributed by atoms with Gasteiger partial charge in [0, 0.05) is 58.7 Å². The van der Waals surface area contributed by atoms with E-state index in [1.807, 2.05) is 23.5 Å². The van der Waals surface area contributed by atoms with Gasteiger partial charge in [0.25, 0.3) is 0 Å². The summed E-state index contributed by atoms with van der Waals surface area (Å²) in [7, 11) is 0. The third kappa shape index (κ3) is 6.22. The van der Waals surface area contributed by atoms with E-state index in [0.29, 0.717) is 0 Å². The van der Waals surface area contributed by atoms with Crippen LogP contribution in [0, 0.1) is 0 Å². The molecule has 0 aliphatic heterocycles. The van der Waals surface area contributed by atoms with Crippen LogP contribution in [-0.4, -0.2) is 14.1 Å². The van der Waals surface area contributed by atoms with Crippen molar-refractivity contribution in [2.45, 2.75) is 6.92 Å². The molecular weight excluding hydrogens is 795 g/mol. The van der Waals surface area contributed by atoms with Crippen molar-refractivity contribution in [2.24, 2.45) is 0 Å². The summed E-state index contributed by atoms with van der Waals surface area (Å²) < 4.78 is 7.41. The summed E-state index contributed by atoms with van der Waals surface area (Å²) in [6, 6.07) is 72.4. The van der Waals surface area contributed by atoms with Crippen LogP contribution < -0.4 is 0 Å². The highest BCUT2D eigenvalue weighted by Crippen LogP contribution is 2.43. The number of nitrogens with zero attached hydrogens (tertiary/aromatic N) is 3. The molecule has 0 radical (unpaired) electrons. The van der Waals surface area contributed by atoms with Gasteiger partial charge < -0.3 is 9.13 Å². The van der Waals surface area contributed by atoms with Crippen molar-refractivity contribution in [1.82, 2.24) is 14.1 Å². The number of para-hydroxylation sites is 2. The maximum Gasteiger partial charge on any atom is 0.0709 e. The summed E-state index contributed by atoms with van der Waals surface area (Å²) in [4.78, 5) is 5.14. The van der Waals surface area contributed by atoms with Crippen LogP contribution in [-0.2, 0) is 0 Å². The highest BCUT2D eigenvalue weighted by molar-refractivity contribution is 7.26. The number of fused-ring (bicyclic) bond motifs is 9. The number of benzene rings is 8. The molecule has 0 saturated carbocycles. The Labute approximate surface area is 375 Å². The van der Waals surface area contributed by atoms with E-state index < -0.39 is 0 Å². The highest BCUT2D eigenvalue weighted by Gasteiger charge is 2.19. The van der Waals surface area contributed by atoms with Gasteiger partial charge in [-0.1, -0.05) is 152 Å². The quantitative estimate of drug-likeness (QED) is 0.140. The first-order valence-corrected chi connectivity index (χ1v) is 22.5. The fraction of sp³-hybridized carbons (Fsp3) is 0.0167. The summed E-state index contributed by atoms with van der Waals surface area (Å²) >= 11 is 1.87. The molecule has 0 atom stereocenters. The average molecular weight is 836 g/mol. The molecule has 4 heterocycles. The highest BCUT2D eigenvalue weighted by atomic mass is 32.1. The van der Waals surface area contributed by atoms with Gasteiger partial charge in [0.05, 0.1) is 33.5 Å². The Morgan fingerprint density at radius 1 is 0.500 bits per heavy atom. The van der Waals surface area contributed by atoms with Crippen LogP contribution >= 0.6 is 11.3 Å². The van der Waals surface area contributed by atoms with Gasteiger partial charge in [-0.3, -0.25) is 0 Å². The molecule has 0 unspecified atom stereocenters. The largest absolute Gasteiger partial charge is 0.309 e. The van der Waals surface area contributed by atoms with E-state index in [1.54, 1.807) is 0 Å². The standard InChI is InChI=1S/C60H41N3S/c1-3-16-45(35-39(2)53-25-15-26-54(61-53)40-17-6-4-7-18-40)63-56-34-31-41(42-29-32-48-47-21-10-12-27-55(47)62(57(48)37-42)44-19-8-5-9-20-44)36-52(56)49-33-30-43(38-58(49)63)46-23-14-24-51-50-22-11-13-28-59(50)64-60(46)51/h3-38H,1H2,2H3/b39-35+,45-16+. The van der Waals surface area contributed by atoms with Crippen LogP contribution in [0.2, 0.25) is 0 Å². The van der Waals surface area contributed by atoms with Gasteiger partial charge in [-0.2, -0.15) is 0 Å². The average Bonchev–Trinajstić information content (AvgIpc) is 4.01. The molecule has 12 aromatic rings. The number of thiophene rings is 1. The Balaban J connectivity index is 1.06. The van der Waals surface area contributed by atoms with E-state index >= 15 is 0 Å². The second kappa shape index (κ2) is 15.4. The Bertz CT molecular complexity index is 3860. The number of aromatic nitrogens is 3. The second-order valence-corrected chi connectivity index (χ2v) is 17.5. The molecule has 12 rings (SSSR count). The van der Waals surface area contributed by atoms with Gasteiger partial charge >= 0.3 is 0 Å². The zero-order valence-electron chi connectivity index (χ0n) is 35.2. The number of hydrogen-bond acceptors (Lipinski definition) is 2. The molecule has 64 heavy (non-hydrogen) atoms. The van der Waals surface area contributed by atoms with Crippen molar-refractivity contribution in [3.05, 3.63) is 231 Å². The maximum atomic E-state index is 5.14. The van der Waals surface area contributed by atoms with Crippen LogP contribution in [0.1, 0.15) is 12.6 Å². The third-order valence-electron chi connectivity index (χ3n) is 12.6. The van der Waals surface area contributed by atoms with Crippen molar-refractivity contribution in [3.63, 3.8) is 0 Å².